The molecule has 0 aliphatic heterocycles. The lowest BCUT2D eigenvalue weighted by molar-refractivity contribution is 0.440. The summed E-state index contributed by atoms with van der Waals surface area (Å²) in [5.74, 6) is -1.34. The number of hydrogen-bond acceptors (Lipinski definition) is 8. The zero-order valence-electron chi connectivity index (χ0n) is 16.4. The molecule has 164 valence electrons. The largest absolute Gasteiger partial charge is 0.424 e. The summed E-state index contributed by atoms with van der Waals surface area (Å²) in [5.41, 5.74) is 0.291. The van der Waals surface area contributed by atoms with E-state index in [0.717, 1.165) is 6.20 Å². The van der Waals surface area contributed by atoms with Crippen LogP contribution in [0.3, 0.4) is 0 Å². The fraction of sp³-hybridized carbons (Fsp3) is 0.100. The van der Waals surface area contributed by atoms with Crippen LogP contribution in [-0.2, 0) is 16.7 Å². The number of pyridine rings is 1. The number of benzene rings is 1. The van der Waals surface area contributed by atoms with Gasteiger partial charge in [-0.2, -0.15) is 8.42 Å². The van der Waals surface area contributed by atoms with Crippen molar-refractivity contribution in [1.82, 2.24) is 15.0 Å². The highest BCUT2D eigenvalue weighted by Gasteiger charge is 2.18. The Morgan fingerprint density at radius 1 is 1.16 bits per heavy atom. The molecule has 4 aromatic rings. The van der Waals surface area contributed by atoms with Crippen molar-refractivity contribution in [1.29, 1.82) is 0 Å². The van der Waals surface area contributed by atoms with Gasteiger partial charge in [0, 0.05) is 42.0 Å². The molecule has 10 nitrogen and oxygen atoms in total. The minimum atomic E-state index is -4.71. The molecule has 0 saturated heterocycles. The second-order valence-electron chi connectivity index (χ2n) is 6.67. The van der Waals surface area contributed by atoms with E-state index in [2.05, 4.69) is 15.0 Å². The van der Waals surface area contributed by atoms with Crippen molar-refractivity contribution in [3.05, 3.63) is 81.9 Å². The van der Waals surface area contributed by atoms with E-state index in [4.69, 9.17) is 13.7 Å². The number of fused-ring (bicyclic) bond motifs is 1. The predicted molar refractivity (Wildman–Crippen MR) is 111 cm³/mol. The maximum absolute atomic E-state index is 14.7. The summed E-state index contributed by atoms with van der Waals surface area (Å²) in [6, 6.07) is 7.92. The Bertz CT molecular complexity index is 1480. The maximum Gasteiger partial charge on any atom is 0.358 e. The molecule has 2 N–H and O–H groups in total. The summed E-state index contributed by atoms with van der Waals surface area (Å²) < 4.78 is 58.0. The molecular formula is C20H15FN4O6S. The van der Waals surface area contributed by atoms with E-state index in [-0.39, 0.29) is 29.1 Å². The zero-order chi connectivity index (χ0) is 22.9. The van der Waals surface area contributed by atoms with Crippen LogP contribution in [0.2, 0.25) is 0 Å². The molecule has 0 aliphatic rings. The Morgan fingerprint density at radius 2 is 1.91 bits per heavy atom. The third-order valence-electron chi connectivity index (χ3n) is 4.57. The first-order chi connectivity index (χ1) is 15.2. The van der Waals surface area contributed by atoms with E-state index in [9.17, 15) is 17.6 Å². The van der Waals surface area contributed by atoms with Gasteiger partial charge in [-0.1, -0.05) is 0 Å². The smallest absolute Gasteiger partial charge is 0.358 e. The average Bonchev–Trinajstić information content (AvgIpc) is 2.73. The maximum atomic E-state index is 14.7. The monoisotopic (exact) mass is 458 g/mol. The number of aromatic nitrogens is 3. The van der Waals surface area contributed by atoms with Gasteiger partial charge in [0.15, 0.2) is 11.6 Å². The Kier molecular flexibility index (Phi) is 5.55. The number of aryl methyl sites for hydroxylation is 1. The van der Waals surface area contributed by atoms with E-state index in [1.165, 1.54) is 24.5 Å². The first-order valence-electron chi connectivity index (χ1n) is 9.11. The van der Waals surface area contributed by atoms with Crippen LogP contribution in [0.15, 0.2) is 58.1 Å². The normalized spacial score (nSPS) is 11.5. The highest BCUT2D eigenvalue weighted by Crippen LogP contribution is 2.27. The Balaban J connectivity index is 1.69. The predicted octanol–water partition coefficient (Wildman–Crippen LogP) is 3.02. The summed E-state index contributed by atoms with van der Waals surface area (Å²) >= 11 is 0. The number of rotatable bonds is 6. The number of hydrogen-bond donors (Lipinski definition) is 2. The molecule has 0 atom stereocenters. The second kappa shape index (κ2) is 8.32. The van der Waals surface area contributed by atoms with Gasteiger partial charge in [-0.15, -0.1) is 0 Å². The van der Waals surface area contributed by atoms with Crippen molar-refractivity contribution in [2.75, 3.05) is 4.72 Å². The highest BCUT2D eigenvalue weighted by molar-refractivity contribution is 7.87. The molecule has 0 radical (unpaired) electrons. The lowest BCUT2D eigenvalue weighted by Crippen LogP contribution is -2.15. The molecule has 0 amide bonds. The molecule has 3 heterocycles. The molecule has 3 aromatic heterocycles. The lowest BCUT2D eigenvalue weighted by Gasteiger charge is -2.11. The Morgan fingerprint density at radius 3 is 2.62 bits per heavy atom. The highest BCUT2D eigenvalue weighted by atomic mass is 32.2. The first kappa shape index (κ1) is 21.3. The molecular weight excluding hydrogens is 443 g/mol. The van der Waals surface area contributed by atoms with Crippen molar-refractivity contribution in [2.24, 2.45) is 0 Å². The lowest BCUT2D eigenvalue weighted by atomic mass is 10.00. The Labute approximate surface area is 180 Å². The van der Waals surface area contributed by atoms with E-state index in [0.29, 0.717) is 16.7 Å². The third-order valence-corrected chi connectivity index (χ3v) is 5.02. The van der Waals surface area contributed by atoms with Crippen molar-refractivity contribution in [2.45, 2.75) is 13.3 Å². The minimum absolute atomic E-state index is 0.0120. The van der Waals surface area contributed by atoms with Crippen LogP contribution >= 0.6 is 0 Å². The number of ether oxygens (including phenoxy) is 1. The summed E-state index contributed by atoms with van der Waals surface area (Å²) in [7, 11) is -4.71. The van der Waals surface area contributed by atoms with Gasteiger partial charge < -0.3 is 9.15 Å². The summed E-state index contributed by atoms with van der Waals surface area (Å²) in [6.45, 7) is 1.69. The van der Waals surface area contributed by atoms with Gasteiger partial charge in [0.05, 0.1) is 0 Å². The SMILES string of the molecule is Cc1c(Cc2ccnc(NS(=O)(=O)O)c2F)c(=O)oc2cc(Oc3ncccn3)ccc12. The van der Waals surface area contributed by atoms with Crippen LogP contribution in [-0.4, -0.2) is 27.9 Å². The fourth-order valence-corrected chi connectivity index (χ4v) is 3.48. The molecule has 32 heavy (non-hydrogen) atoms. The van der Waals surface area contributed by atoms with Crippen LogP contribution in [0, 0.1) is 12.7 Å². The fourth-order valence-electron chi connectivity index (χ4n) is 3.09. The quantitative estimate of drug-likeness (QED) is 0.329. The van der Waals surface area contributed by atoms with Crippen molar-refractivity contribution >= 4 is 27.1 Å². The standard InChI is InChI=1S/C20H15FN4O6S/c1-11-14-4-3-13(30-20-23-6-2-7-24-20)10-16(14)31-19(26)15(11)9-12-5-8-22-18(17(12)21)25-32(27,28)29/h2-8,10H,9H2,1H3,(H,22,25)(H,27,28,29). The summed E-state index contributed by atoms with van der Waals surface area (Å²) in [6.07, 6.45) is 4.01. The number of nitrogens with zero attached hydrogens (tertiary/aromatic N) is 3. The van der Waals surface area contributed by atoms with Crippen molar-refractivity contribution in [3.63, 3.8) is 0 Å². The van der Waals surface area contributed by atoms with E-state index >= 15 is 0 Å². The van der Waals surface area contributed by atoms with Crippen LogP contribution in [0.1, 0.15) is 16.7 Å². The van der Waals surface area contributed by atoms with Gasteiger partial charge in [-0.25, -0.2) is 28.9 Å². The summed E-state index contributed by atoms with van der Waals surface area (Å²) in [4.78, 5) is 24.1. The van der Waals surface area contributed by atoms with Gasteiger partial charge in [0.25, 0.3) is 0 Å². The molecule has 12 heteroatoms. The van der Waals surface area contributed by atoms with Crippen molar-refractivity contribution < 1.29 is 26.5 Å². The second-order valence-corrected chi connectivity index (χ2v) is 7.83. The molecule has 4 rings (SSSR count). The molecule has 0 aliphatic carbocycles. The molecule has 0 spiro atoms. The topological polar surface area (TPSA) is 145 Å². The van der Waals surface area contributed by atoms with Crippen molar-refractivity contribution in [3.8, 4) is 11.8 Å². The van der Waals surface area contributed by atoms with Gasteiger partial charge in [-0.05, 0) is 42.3 Å². The average molecular weight is 458 g/mol. The number of anilines is 1. The zero-order valence-corrected chi connectivity index (χ0v) is 17.3. The molecule has 0 fully saturated rings. The van der Waals surface area contributed by atoms with Gasteiger partial charge >= 0.3 is 21.9 Å². The van der Waals surface area contributed by atoms with E-state index < -0.39 is 27.6 Å². The van der Waals surface area contributed by atoms with Crippen LogP contribution < -0.4 is 15.1 Å². The molecule has 0 saturated carbocycles. The van der Waals surface area contributed by atoms with E-state index in [1.54, 1.807) is 29.8 Å². The van der Waals surface area contributed by atoms with Gasteiger partial charge in [0.2, 0.25) is 0 Å². The number of nitrogens with one attached hydrogen (secondary N) is 1. The Hall–Kier alpha value is -3.90. The van der Waals surface area contributed by atoms with Crippen LogP contribution in [0.4, 0.5) is 10.2 Å². The molecule has 1 aromatic carbocycles. The third kappa shape index (κ3) is 4.55. The molecule has 0 bridgehead atoms. The first-order valence-corrected chi connectivity index (χ1v) is 10.5. The van der Waals surface area contributed by atoms with Gasteiger partial charge in [0.1, 0.15) is 11.3 Å². The number of halogens is 1. The van der Waals surface area contributed by atoms with Gasteiger partial charge in [-0.3, -0.25) is 4.55 Å². The van der Waals surface area contributed by atoms with Crippen LogP contribution in [0.5, 0.6) is 11.8 Å². The minimum Gasteiger partial charge on any atom is -0.424 e. The van der Waals surface area contributed by atoms with E-state index in [1.807, 2.05) is 0 Å². The van der Waals surface area contributed by atoms with Crippen LogP contribution in [0.25, 0.3) is 11.0 Å². The molecule has 0 unspecified atom stereocenters. The summed E-state index contributed by atoms with van der Waals surface area (Å²) in [5, 5.41) is 0.603.